The highest BCUT2D eigenvalue weighted by Crippen LogP contribution is 2.32. The Morgan fingerprint density at radius 3 is 2.72 bits per heavy atom. The molecule has 2 heterocycles. The first kappa shape index (κ1) is 11.5. The normalized spacial score (nSPS) is 18.9. The van der Waals surface area contributed by atoms with Crippen LogP contribution in [0.3, 0.4) is 0 Å². The van der Waals surface area contributed by atoms with Gasteiger partial charge >= 0.3 is 0 Å². The van der Waals surface area contributed by atoms with Gasteiger partial charge in [-0.25, -0.2) is 0 Å². The van der Waals surface area contributed by atoms with Gasteiger partial charge in [-0.15, -0.1) is 0 Å². The van der Waals surface area contributed by atoms with Crippen molar-refractivity contribution >= 4 is 17.3 Å². The van der Waals surface area contributed by atoms with Crippen LogP contribution in [0.15, 0.2) is 18.2 Å². The minimum atomic E-state index is 0.132. The van der Waals surface area contributed by atoms with Gasteiger partial charge in [0.05, 0.1) is 13.2 Å². The number of fused-ring (bicyclic) bond motifs is 1. The molecule has 1 amide bonds. The lowest BCUT2D eigenvalue weighted by atomic mass is 10.1. The third-order valence-corrected chi connectivity index (χ3v) is 3.72. The molecule has 2 aliphatic heterocycles. The monoisotopic (exact) mass is 246 g/mol. The minimum Gasteiger partial charge on any atom is -0.378 e. The summed E-state index contributed by atoms with van der Waals surface area (Å²) in [6.07, 6.45) is 0.971. The van der Waals surface area contributed by atoms with Crippen molar-refractivity contribution in [1.29, 1.82) is 0 Å². The van der Waals surface area contributed by atoms with Gasteiger partial charge in [0.2, 0.25) is 5.91 Å². The molecule has 1 aromatic rings. The molecule has 4 heteroatoms. The number of ether oxygens (including phenoxy) is 1. The molecule has 0 atom stereocenters. The fourth-order valence-corrected chi connectivity index (χ4v) is 2.71. The fourth-order valence-electron chi connectivity index (χ4n) is 2.71. The van der Waals surface area contributed by atoms with E-state index in [4.69, 9.17) is 4.74 Å². The molecule has 1 fully saturated rings. The van der Waals surface area contributed by atoms with Crippen molar-refractivity contribution in [3.05, 3.63) is 23.8 Å². The number of carbonyl (C=O) groups excluding carboxylic acids is 1. The van der Waals surface area contributed by atoms with E-state index in [1.807, 2.05) is 4.90 Å². The lowest BCUT2D eigenvalue weighted by molar-refractivity contribution is -0.116. The summed E-state index contributed by atoms with van der Waals surface area (Å²) in [6, 6.07) is 6.46. The second-order valence-corrected chi connectivity index (χ2v) is 4.83. The molecule has 1 saturated heterocycles. The molecule has 96 valence electrons. The molecule has 0 unspecified atom stereocenters. The molecule has 0 spiro atoms. The Kier molecular flexibility index (Phi) is 2.96. The Balaban J connectivity index is 1.90. The zero-order valence-electron chi connectivity index (χ0n) is 10.7. The van der Waals surface area contributed by atoms with E-state index in [1.165, 1.54) is 11.3 Å². The standard InChI is InChI=1S/C14H18N2O2/c1-11(17)16-5-4-12-2-3-13(10-14(12)16)15-6-8-18-9-7-15/h2-3,10H,4-9H2,1H3. The van der Waals surface area contributed by atoms with E-state index in [9.17, 15) is 4.79 Å². The molecule has 3 rings (SSSR count). The summed E-state index contributed by atoms with van der Waals surface area (Å²) in [5, 5.41) is 0. The number of rotatable bonds is 1. The van der Waals surface area contributed by atoms with E-state index in [0.717, 1.165) is 45.0 Å². The van der Waals surface area contributed by atoms with Gasteiger partial charge in [0.25, 0.3) is 0 Å². The van der Waals surface area contributed by atoms with Gasteiger partial charge in [-0.05, 0) is 24.1 Å². The van der Waals surface area contributed by atoms with Gasteiger partial charge in [0, 0.05) is 37.9 Å². The average Bonchev–Trinajstić information content (AvgIpc) is 2.82. The van der Waals surface area contributed by atoms with Crippen LogP contribution in [-0.4, -0.2) is 38.8 Å². The molecule has 4 nitrogen and oxygen atoms in total. The molecule has 0 aliphatic carbocycles. The molecule has 1 aromatic carbocycles. The van der Waals surface area contributed by atoms with E-state index in [1.54, 1.807) is 6.92 Å². The average molecular weight is 246 g/mol. The summed E-state index contributed by atoms with van der Waals surface area (Å²) >= 11 is 0. The predicted molar refractivity (Wildman–Crippen MR) is 71.2 cm³/mol. The van der Waals surface area contributed by atoms with Crippen molar-refractivity contribution in [3.63, 3.8) is 0 Å². The summed E-state index contributed by atoms with van der Waals surface area (Å²) in [5.41, 5.74) is 3.57. The van der Waals surface area contributed by atoms with Crippen molar-refractivity contribution < 1.29 is 9.53 Å². The zero-order chi connectivity index (χ0) is 12.5. The molecule has 0 saturated carbocycles. The van der Waals surface area contributed by atoms with E-state index >= 15 is 0 Å². The zero-order valence-corrected chi connectivity index (χ0v) is 10.7. The molecule has 0 N–H and O–H groups in total. The van der Waals surface area contributed by atoms with Crippen LogP contribution in [0.5, 0.6) is 0 Å². The largest absolute Gasteiger partial charge is 0.378 e. The Labute approximate surface area is 107 Å². The minimum absolute atomic E-state index is 0.132. The van der Waals surface area contributed by atoms with Crippen LogP contribution < -0.4 is 9.80 Å². The summed E-state index contributed by atoms with van der Waals surface area (Å²) < 4.78 is 5.37. The van der Waals surface area contributed by atoms with Crippen molar-refractivity contribution in [2.24, 2.45) is 0 Å². The van der Waals surface area contributed by atoms with E-state index in [2.05, 4.69) is 23.1 Å². The van der Waals surface area contributed by atoms with E-state index in [-0.39, 0.29) is 5.91 Å². The van der Waals surface area contributed by atoms with Crippen LogP contribution in [0.2, 0.25) is 0 Å². The maximum Gasteiger partial charge on any atom is 0.223 e. The molecule has 2 aliphatic rings. The maximum atomic E-state index is 11.6. The highest BCUT2D eigenvalue weighted by molar-refractivity contribution is 5.94. The number of anilines is 2. The van der Waals surface area contributed by atoms with Gasteiger partial charge in [-0.1, -0.05) is 6.07 Å². The third-order valence-electron chi connectivity index (χ3n) is 3.72. The lowest BCUT2D eigenvalue weighted by Crippen LogP contribution is -2.36. The van der Waals surface area contributed by atoms with Gasteiger partial charge in [0.15, 0.2) is 0 Å². The Bertz CT molecular complexity index is 467. The smallest absolute Gasteiger partial charge is 0.223 e. The molecule has 0 radical (unpaired) electrons. The quantitative estimate of drug-likeness (QED) is 0.751. The van der Waals surface area contributed by atoms with Crippen molar-refractivity contribution in [1.82, 2.24) is 0 Å². The first-order valence-corrected chi connectivity index (χ1v) is 6.49. The van der Waals surface area contributed by atoms with Crippen molar-refractivity contribution in [2.45, 2.75) is 13.3 Å². The summed E-state index contributed by atoms with van der Waals surface area (Å²) in [4.78, 5) is 15.8. The Hall–Kier alpha value is -1.55. The molecule has 0 bridgehead atoms. The van der Waals surface area contributed by atoms with Crippen molar-refractivity contribution in [3.8, 4) is 0 Å². The number of amides is 1. The second-order valence-electron chi connectivity index (χ2n) is 4.83. The van der Waals surface area contributed by atoms with Crippen LogP contribution in [0.25, 0.3) is 0 Å². The highest BCUT2D eigenvalue weighted by Gasteiger charge is 2.23. The van der Waals surface area contributed by atoms with Crippen LogP contribution in [-0.2, 0) is 16.0 Å². The SMILES string of the molecule is CC(=O)N1CCc2ccc(N3CCOCC3)cc21. The topological polar surface area (TPSA) is 32.8 Å². The van der Waals surface area contributed by atoms with Gasteiger partial charge in [-0.3, -0.25) is 4.79 Å². The number of hydrogen-bond donors (Lipinski definition) is 0. The van der Waals surface area contributed by atoms with E-state index < -0.39 is 0 Å². The predicted octanol–water partition coefficient (Wildman–Crippen LogP) is 1.43. The number of nitrogens with zero attached hydrogens (tertiary/aromatic N) is 2. The van der Waals surface area contributed by atoms with Crippen LogP contribution >= 0.6 is 0 Å². The summed E-state index contributed by atoms with van der Waals surface area (Å²) in [5.74, 6) is 0.132. The van der Waals surface area contributed by atoms with Gasteiger partial charge in [-0.2, -0.15) is 0 Å². The maximum absolute atomic E-state index is 11.6. The number of hydrogen-bond acceptors (Lipinski definition) is 3. The Morgan fingerprint density at radius 2 is 2.00 bits per heavy atom. The molecule has 0 aromatic heterocycles. The number of carbonyl (C=O) groups is 1. The Morgan fingerprint density at radius 1 is 1.22 bits per heavy atom. The third kappa shape index (κ3) is 1.97. The lowest BCUT2D eigenvalue weighted by Gasteiger charge is -2.29. The molecular weight excluding hydrogens is 228 g/mol. The van der Waals surface area contributed by atoms with Gasteiger partial charge < -0.3 is 14.5 Å². The van der Waals surface area contributed by atoms with Crippen LogP contribution in [0.4, 0.5) is 11.4 Å². The highest BCUT2D eigenvalue weighted by atomic mass is 16.5. The number of morpholine rings is 1. The number of benzene rings is 1. The first-order chi connectivity index (χ1) is 8.75. The van der Waals surface area contributed by atoms with Gasteiger partial charge in [0.1, 0.15) is 0 Å². The first-order valence-electron chi connectivity index (χ1n) is 6.49. The summed E-state index contributed by atoms with van der Waals surface area (Å²) in [7, 11) is 0. The fraction of sp³-hybridized carbons (Fsp3) is 0.500. The van der Waals surface area contributed by atoms with Crippen LogP contribution in [0, 0.1) is 0 Å². The van der Waals surface area contributed by atoms with E-state index in [0.29, 0.717) is 0 Å². The summed E-state index contributed by atoms with van der Waals surface area (Å²) in [6.45, 7) is 5.88. The second kappa shape index (κ2) is 4.61. The van der Waals surface area contributed by atoms with Crippen molar-refractivity contribution in [2.75, 3.05) is 42.6 Å². The van der Waals surface area contributed by atoms with Crippen LogP contribution in [0.1, 0.15) is 12.5 Å². The molecule has 18 heavy (non-hydrogen) atoms. The molecular formula is C14H18N2O2.